The number of hydrogen-bond donors (Lipinski definition) is 0. The molecule has 0 spiro atoms. The van der Waals surface area contributed by atoms with E-state index in [1.165, 1.54) is 12.5 Å². The third-order valence-electron chi connectivity index (χ3n) is 3.14. The van der Waals surface area contributed by atoms with Gasteiger partial charge in [-0.25, -0.2) is 0 Å². The second-order valence-corrected chi connectivity index (χ2v) is 4.43. The van der Waals surface area contributed by atoms with E-state index >= 15 is 0 Å². The van der Waals surface area contributed by atoms with Crippen LogP contribution in [0.1, 0.15) is 34.4 Å². The molecular weight excluding hydrogens is 234 g/mol. The first-order valence-electron chi connectivity index (χ1n) is 5.85. The molecular formula is C12H13N3O3. The quantitative estimate of drug-likeness (QED) is 0.806. The third-order valence-corrected chi connectivity index (χ3v) is 3.14. The van der Waals surface area contributed by atoms with Crippen molar-refractivity contribution in [1.29, 1.82) is 0 Å². The normalized spacial score (nSPS) is 19.4. The van der Waals surface area contributed by atoms with Gasteiger partial charge in [-0.1, -0.05) is 5.16 Å². The maximum absolute atomic E-state index is 12.1. The van der Waals surface area contributed by atoms with Crippen LogP contribution in [0.3, 0.4) is 0 Å². The van der Waals surface area contributed by atoms with E-state index < -0.39 is 0 Å². The summed E-state index contributed by atoms with van der Waals surface area (Å²) in [6.45, 7) is 3.11. The molecule has 1 amide bonds. The average Bonchev–Trinajstić information content (AvgIpc) is 3.09. The van der Waals surface area contributed by atoms with Crippen molar-refractivity contribution in [2.24, 2.45) is 0 Å². The van der Waals surface area contributed by atoms with Crippen molar-refractivity contribution < 1.29 is 13.7 Å². The Kier molecular flexibility index (Phi) is 2.62. The van der Waals surface area contributed by atoms with Crippen molar-refractivity contribution in [3.05, 3.63) is 35.9 Å². The van der Waals surface area contributed by atoms with Crippen molar-refractivity contribution in [3.63, 3.8) is 0 Å². The molecule has 18 heavy (non-hydrogen) atoms. The van der Waals surface area contributed by atoms with Crippen LogP contribution >= 0.6 is 0 Å². The van der Waals surface area contributed by atoms with Gasteiger partial charge in [0, 0.05) is 13.1 Å². The van der Waals surface area contributed by atoms with E-state index in [2.05, 4.69) is 10.1 Å². The predicted molar refractivity (Wildman–Crippen MR) is 61.0 cm³/mol. The van der Waals surface area contributed by atoms with Gasteiger partial charge in [0.05, 0.1) is 17.7 Å². The van der Waals surface area contributed by atoms with Gasteiger partial charge in [0.25, 0.3) is 5.91 Å². The maximum Gasteiger partial charge on any atom is 0.257 e. The predicted octanol–water partition coefficient (Wildman–Crippen LogP) is 1.60. The number of furan rings is 1. The number of carbonyl (C=O) groups is 1. The van der Waals surface area contributed by atoms with E-state index in [4.69, 9.17) is 8.94 Å². The summed E-state index contributed by atoms with van der Waals surface area (Å²) >= 11 is 0. The fourth-order valence-electron chi connectivity index (χ4n) is 2.19. The smallest absolute Gasteiger partial charge is 0.257 e. The SMILES string of the molecule is Cc1noc([C@H]2CCN(C(=O)c3ccoc3)C2)n1. The molecule has 6 heteroatoms. The lowest BCUT2D eigenvalue weighted by Crippen LogP contribution is -2.28. The van der Waals surface area contributed by atoms with Gasteiger partial charge in [-0.05, 0) is 19.4 Å². The second kappa shape index (κ2) is 4.29. The van der Waals surface area contributed by atoms with Crippen LogP contribution in [-0.2, 0) is 0 Å². The summed E-state index contributed by atoms with van der Waals surface area (Å²) in [4.78, 5) is 18.1. The highest BCUT2D eigenvalue weighted by atomic mass is 16.5. The van der Waals surface area contributed by atoms with Crippen LogP contribution in [0.5, 0.6) is 0 Å². The van der Waals surface area contributed by atoms with Crippen LogP contribution in [-0.4, -0.2) is 34.0 Å². The summed E-state index contributed by atoms with van der Waals surface area (Å²) in [5.41, 5.74) is 0.581. The Hall–Kier alpha value is -2.11. The zero-order chi connectivity index (χ0) is 12.5. The standard InChI is InChI=1S/C12H13N3O3/c1-8-13-11(18-14-8)9-2-4-15(6-9)12(16)10-3-5-17-7-10/h3,5,7,9H,2,4,6H2,1H3/t9-/m0/s1. The van der Waals surface area contributed by atoms with Crippen molar-refractivity contribution >= 4 is 5.91 Å². The molecule has 3 rings (SSSR count). The zero-order valence-corrected chi connectivity index (χ0v) is 10.00. The summed E-state index contributed by atoms with van der Waals surface area (Å²) in [6.07, 6.45) is 3.82. The van der Waals surface area contributed by atoms with Gasteiger partial charge >= 0.3 is 0 Å². The summed E-state index contributed by atoms with van der Waals surface area (Å²) in [5.74, 6) is 1.38. The monoisotopic (exact) mass is 247 g/mol. The van der Waals surface area contributed by atoms with Crippen LogP contribution in [0, 0.1) is 6.92 Å². The van der Waals surface area contributed by atoms with Crippen LogP contribution in [0.2, 0.25) is 0 Å². The van der Waals surface area contributed by atoms with E-state index in [1.54, 1.807) is 17.9 Å². The Bertz CT molecular complexity index is 547. The van der Waals surface area contributed by atoms with Gasteiger partial charge in [0.15, 0.2) is 5.82 Å². The number of aromatic nitrogens is 2. The Morgan fingerprint density at radius 1 is 1.56 bits per heavy atom. The van der Waals surface area contributed by atoms with Crippen LogP contribution in [0.25, 0.3) is 0 Å². The molecule has 0 bridgehead atoms. The number of rotatable bonds is 2. The second-order valence-electron chi connectivity index (χ2n) is 4.43. The van der Waals surface area contributed by atoms with E-state index in [9.17, 15) is 4.79 Å². The molecule has 3 heterocycles. The molecule has 0 saturated carbocycles. The number of amides is 1. The first-order chi connectivity index (χ1) is 8.74. The lowest BCUT2D eigenvalue weighted by Gasteiger charge is -2.14. The molecule has 1 fully saturated rings. The van der Waals surface area contributed by atoms with E-state index in [-0.39, 0.29) is 11.8 Å². The van der Waals surface area contributed by atoms with Gasteiger partial charge < -0.3 is 13.8 Å². The number of nitrogens with zero attached hydrogens (tertiary/aromatic N) is 3. The minimum atomic E-state index is -0.0116. The van der Waals surface area contributed by atoms with Crippen LogP contribution < -0.4 is 0 Å². The Morgan fingerprint density at radius 3 is 3.11 bits per heavy atom. The summed E-state index contributed by atoms with van der Waals surface area (Å²) < 4.78 is 10.1. The van der Waals surface area contributed by atoms with Gasteiger partial charge in [-0.15, -0.1) is 0 Å². The van der Waals surface area contributed by atoms with Crippen LogP contribution in [0.15, 0.2) is 27.5 Å². The van der Waals surface area contributed by atoms with Gasteiger partial charge in [0.2, 0.25) is 5.89 Å². The van der Waals surface area contributed by atoms with Crippen molar-refractivity contribution in [1.82, 2.24) is 15.0 Å². The minimum absolute atomic E-state index is 0.0116. The molecule has 6 nitrogen and oxygen atoms in total. The van der Waals surface area contributed by atoms with E-state index in [0.717, 1.165) is 6.42 Å². The molecule has 0 aliphatic carbocycles. The molecule has 0 unspecified atom stereocenters. The lowest BCUT2D eigenvalue weighted by atomic mass is 10.1. The van der Waals surface area contributed by atoms with Crippen molar-refractivity contribution in [2.75, 3.05) is 13.1 Å². The molecule has 0 aromatic carbocycles. The Labute approximate surface area is 104 Å². The minimum Gasteiger partial charge on any atom is -0.472 e. The molecule has 2 aromatic rings. The van der Waals surface area contributed by atoms with Crippen molar-refractivity contribution in [2.45, 2.75) is 19.3 Å². The topological polar surface area (TPSA) is 72.4 Å². The molecule has 2 aromatic heterocycles. The summed E-state index contributed by atoms with van der Waals surface area (Å²) in [5, 5.41) is 3.78. The number of carbonyl (C=O) groups excluding carboxylic acids is 1. The Balaban J connectivity index is 1.70. The fraction of sp³-hybridized carbons (Fsp3) is 0.417. The maximum atomic E-state index is 12.1. The molecule has 1 saturated heterocycles. The summed E-state index contributed by atoms with van der Waals surface area (Å²) in [6, 6.07) is 1.67. The number of hydrogen-bond acceptors (Lipinski definition) is 5. The number of likely N-dealkylation sites (tertiary alicyclic amines) is 1. The molecule has 94 valence electrons. The molecule has 0 radical (unpaired) electrons. The lowest BCUT2D eigenvalue weighted by molar-refractivity contribution is 0.0789. The Morgan fingerprint density at radius 2 is 2.44 bits per heavy atom. The molecule has 1 aliphatic rings. The number of aryl methyl sites for hydroxylation is 1. The molecule has 1 aliphatic heterocycles. The van der Waals surface area contributed by atoms with Gasteiger partial charge in [0.1, 0.15) is 6.26 Å². The third kappa shape index (κ3) is 1.90. The highest BCUT2D eigenvalue weighted by Crippen LogP contribution is 2.26. The zero-order valence-electron chi connectivity index (χ0n) is 10.00. The first kappa shape index (κ1) is 11.0. The summed E-state index contributed by atoms with van der Waals surface area (Å²) in [7, 11) is 0. The van der Waals surface area contributed by atoms with Gasteiger partial charge in [-0.2, -0.15) is 4.98 Å². The molecule has 0 N–H and O–H groups in total. The van der Waals surface area contributed by atoms with E-state index in [0.29, 0.717) is 30.4 Å². The van der Waals surface area contributed by atoms with Crippen molar-refractivity contribution in [3.8, 4) is 0 Å². The molecule has 1 atom stereocenters. The highest BCUT2D eigenvalue weighted by Gasteiger charge is 2.31. The van der Waals surface area contributed by atoms with Gasteiger partial charge in [-0.3, -0.25) is 4.79 Å². The van der Waals surface area contributed by atoms with E-state index in [1.807, 2.05) is 0 Å². The van der Waals surface area contributed by atoms with Crippen LogP contribution in [0.4, 0.5) is 0 Å². The highest BCUT2D eigenvalue weighted by molar-refractivity contribution is 5.94. The average molecular weight is 247 g/mol. The first-order valence-corrected chi connectivity index (χ1v) is 5.85. The largest absolute Gasteiger partial charge is 0.472 e. The fourth-order valence-corrected chi connectivity index (χ4v) is 2.19.